The molecular weight excluding hydrogens is 448 g/mol. The van der Waals surface area contributed by atoms with Gasteiger partial charge < -0.3 is 19.4 Å². The fraction of sp³-hybridized carbons (Fsp3) is 0.640. The van der Waals surface area contributed by atoms with Crippen molar-refractivity contribution in [2.24, 2.45) is 5.92 Å². The van der Waals surface area contributed by atoms with Crippen LogP contribution in [0.15, 0.2) is 24.7 Å². The van der Waals surface area contributed by atoms with Gasteiger partial charge in [0.15, 0.2) is 11.3 Å². The van der Waals surface area contributed by atoms with E-state index in [1.54, 1.807) is 0 Å². The summed E-state index contributed by atoms with van der Waals surface area (Å²) in [5.41, 5.74) is 3.96. The van der Waals surface area contributed by atoms with Gasteiger partial charge in [-0.2, -0.15) is 5.26 Å². The quantitative estimate of drug-likeness (QED) is 0.468. The van der Waals surface area contributed by atoms with E-state index < -0.39 is 10.0 Å². The van der Waals surface area contributed by atoms with Gasteiger partial charge in [-0.3, -0.25) is 4.40 Å². The van der Waals surface area contributed by atoms with Crippen molar-refractivity contribution < 1.29 is 9.47 Å². The number of hydrogen-bond donors (Lipinski definition) is 1. The van der Waals surface area contributed by atoms with E-state index in [2.05, 4.69) is 58.3 Å². The minimum Gasteiger partial charge on any atom is -0.377 e. The number of fused-ring (bicyclic) bond motifs is 3. The Balaban J connectivity index is 1.36. The molecule has 1 aliphatic carbocycles. The standard InChI is InChI=1S/C25H36N6O2S/c1-18-11-19(29-25(6-7-26)15-33-16-25)12-20(18)22-13-27-23-14-28-24-21(31(22)23)5-8-30(24)17-32-9-10-34(2,3)4/h5,8,13-14,18-20,29H,6,9-12,15-17H2,1-4H3/t18-,19+,20+/m1/s1. The van der Waals surface area contributed by atoms with Crippen LogP contribution >= 0.6 is 10.0 Å². The zero-order chi connectivity index (χ0) is 23.9. The maximum Gasteiger partial charge on any atom is 0.159 e. The highest BCUT2D eigenvalue weighted by molar-refractivity contribution is 8.32. The van der Waals surface area contributed by atoms with E-state index in [1.165, 1.54) is 5.69 Å². The van der Waals surface area contributed by atoms with Gasteiger partial charge in [0.05, 0.1) is 49.6 Å². The summed E-state index contributed by atoms with van der Waals surface area (Å²) in [5, 5.41) is 13.0. The lowest BCUT2D eigenvalue weighted by molar-refractivity contribution is -0.0769. The second kappa shape index (κ2) is 9.15. The first-order chi connectivity index (χ1) is 16.3. The van der Waals surface area contributed by atoms with Crippen molar-refractivity contribution in [2.75, 3.05) is 44.3 Å². The van der Waals surface area contributed by atoms with Crippen LogP contribution in [0.2, 0.25) is 0 Å². The second-order valence-electron chi connectivity index (χ2n) is 11.0. The van der Waals surface area contributed by atoms with Gasteiger partial charge in [0.25, 0.3) is 0 Å². The third kappa shape index (κ3) is 4.57. The molecule has 0 bridgehead atoms. The summed E-state index contributed by atoms with van der Waals surface area (Å²) >= 11 is 0. The van der Waals surface area contributed by atoms with Crippen molar-refractivity contribution in [3.63, 3.8) is 0 Å². The Bertz CT molecular complexity index is 1200. The summed E-state index contributed by atoms with van der Waals surface area (Å²) in [5.74, 6) is 2.02. The first-order valence-corrected chi connectivity index (χ1v) is 15.1. The van der Waals surface area contributed by atoms with Crippen molar-refractivity contribution in [1.29, 1.82) is 5.26 Å². The SMILES string of the molecule is C[C@@H]1C[C@H](NC2(CC#N)COC2)C[C@@H]1c1cnc2cnc3c(ccn3COCCS(C)(C)C)n12. The number of hydrogen-bond acceptors (Lipinski definition) is 6. The largest absolute Gasteiger partial charge is 0.377 e. The lowest BCUT2D eigenvalue weighted by atomic mass is 9.92. The minimum atomic E-state index is -0.557. The maximum atomic E-state index is 9.25. The molecule has 2 fully saturated rings. The van der Waals surface area contributed by atoms with Gasteiger partial charge in [-0.05, 0) is 43.6 Å². The molecule has 3 atom stereocenters. The van der Waals surface area contributed by atoms with Crippen LogP contribution in [0.4, 0.5) is 0 Å². The molecule has 8 nitrogen and oxygen atoms in total. The topological polar surface area (TPSA) is 89.4 Å². The third-order valence-electron chi connectivity index (χ3n) is 7.29. The van der Waals surface area contributed by atoms with Gasteiger partial charge in [0, 0.05) is 35.8 Å². The smallest absolute Gasteiger partial charge is 0.159 e. The van der Waals surface area contributed by atoms with E-state index in [0.717, 1.165) is 42.0 Å². The Morgan fingerprint density at radius 1 is 1.26 bits per heavy atom. The van der Waals surface area contributed by atoms with Gasteiger partial charge in [0.1, 0.15) is 6.73 Å². The van der Waals surface area contributed by atoms with Crippen LogP contribution in [-0.4, -0.2) is 74.9 Å². The van der Waals surface area contributed by atoms with Gasteiger partial charge in [-0.15, -0.1) is 0 Å². The van der Waals surface area contributed by atoms with Crippen molar-refractivity contribution in [3.8, 4) is 6.07 Å². The van der Waals surface area contributed by atoms with E-state index in [0.29, 0.717) is 44.2 Å². The Morgan fingerprint density at radius 2 is 2.09 bits per heavy atom. The molecule has 0 amide bonds. The number of ether oxygens (including phenoxy) is 2. The summed E-state index contributed by atoms with van der Waals surface area (Å²) in [7, 11) is -0.557. The summed E-state index contributed by atoms with van der Waals surface area (Å²) in [6, 6.07) is 4.84. The molecule has 1 aliphatic heterocycles. The molecule has 0 aromatic carbocycles. The number of nitrogens with zero attached hydrogens (tertiary/aromatic N) is 5. The minimum absolute atomic E-state index is 0.170. The summed E-state index contributed by atoms with van der Waals surface area (Å²) in [6.07, 6.45) is 15.5. The van der Waals surface area contributed by atoms with Crippen LogP contribution in [0.25, 0.3) is 16.8 Å². The highest BCUT2D eigenvalue weighted by Crippen LogP contribution is 2.41. The lowest BCUT2D eigenvalue weighted by Gasteiger charge is -2.42. The molecule has 2 aliphatic rings. The van der Waals surface area contributed by atoms with Gasteiger partial charge in [-0.25, -0.2) is 20.0 Å². The van der Waals surface area contributed by atoms with Crippen molar-refractivity contribution in [3.05, 3.63) is 30.4 Å². The van der Waals surface area contributed by atoms with Crippen LogP contribution in [0.5, 0.6) is 0 Å². The molecule has 1 saturated heterocycles. The molecule has 4 heterocycles. The molecule has 9 heteroatoms. The number of imidazole rings is 1. The van der Waals surface area contributed by atoms with Crippen LogP contribution in [0, 0.1) is 17.2 Å². The van der Waals surface area contributed by atoms with E-state index in [9.17, 15) is 5.26 Å². The van der Waals surface area contributed by atoms with Gasteiger partial charge in [-0.1, -0.05) is 6.92 Å². The summed E-state index contributed by atoms with van der Waals surface area (Å²) < 4.78 is 15.8. The average molecular weight is 485 g/mol. The van der Waals surface area contributed by atoms with E-state index in [1.807, 2.05) is 12.4 Å². The Labute approximate surface area is 203 Å². The predicted molar refractivity (Wildman–Crippen MR) is 137 cm³/mol. The lowest BCUT2D eigenvalue weighted by Crippen LogP contribution is -2.62. The molecule has 5 rings (SSSR count). The first-order valence-electron chi connectivity index (χ1n) is 12.1. The zero-order valence-corrected chi connectivity index (χ0v) is 21.5. The Kier molecular flexibility index (Phi) is 6.36. The number of rotatable bonds is 9. The predicted octanol–water partition coefficient (Wildman–Crippen LogP) is 3.51. The van der Waals surface area contributed by atoms with Crippen molar-refractivity contribution in [1.82, 2.24) is 24.3 Å². The van der Waals surface area contributed by atoms with E-state index in [4.69, 9.17) is 19.4 Å². The van der Waals surface area contributed by atoms with Gasteiger partial charge >= 0.3 is 0 Å². The molecule has 34 heavy (non-hydrogen) atoms. The van der Waals surface area contributed by atoms with Crippen LogP contribution in [0.1, 0.15) is 37.8 Å². The Hall–Kier alpha value is -2.12. The van der Waals surface area contributed by atoms with E-state index in [-0.39, 0.29) is 5.54 Å². The summed E-state index contributed by atoms with van der Waals surface area (Å²) in [4.78, 5) is 9.40. The van der Waals surface area contributed by atoms with Crippen molar-refractivity contribution >= 4 is 26.8 Å². The zero-order valence-electron chi connectivity index (χ0n) is 20.7. The normalized spacial score (nSPS) is 25.0. The molecule has 184 valence electrons. The fourth-order valence-electron chi connectivity index (χ4n) is 5.41. The van der Waals surface area contributed by atoms with Crippen LogP contribution in [0.3, 0.4) is 0 Å². The van der Waals surface area contributed by atoms with E-state index >= 15 is 0 Å². The Morgan fingerprint density at radius 3 is 2.79 bits per heavy atom. The number of aromatic nitrogens is 4. The monoisotopic (exact) mass is 484 g/mol. The van der Waals surface area contributed by atoms with Crippen LogP contribution in [-0.2, 0) is 16.2 Å². The molecule has 0 radical (unpaired) electrons. The first kappa shape index (κ1) is 23.6. The van der Waals surface area contributed by atoms with Gasteiger partial charge in [0.2, 0.25) is 0 Å². The number of nitrogens with one attached hydrogen (secondary N) is 1. The highest BCUT2D eigenvalue weighted by Gasteiger charge is 2.43. The molecule has 0 unspecified atom stereocenters. The highest BCUT2D eigenvalue weighted by atomic mass is 32.3. The maximum absolute atomic E-state index is 9.25. The molecule has 1 N–H and O–H groups in total. The molecular formula is C25H36N6O2S. The number of nitriles is 1. The molecule has 1 saturated carbocycles. The molecule has 3 aromatic rings. The van der Waals surface area contributed by atoms with Crippen molar-refractivity contribution in [2.45, 2.75) is 50.4 Å². The molecule has 3 aromatic heterocycles. The molecule has 0 spiro atoms. The summed E-state index contributed by atoms with van der Waals surface area (Å²) in [6.45, 7) is 4.86. The fourth-order valence-corrected chi connectivity index (χ4v) is 6.02. The third-order valence-corrected chi connectivity index (χ3v) is 8.68. The van der Waals surface area contributed by atoms with Crippen LogP contribution < -0.4 is 5.32 Å². The second-order valence-corrected chi connectivity index (χ2v) is 15.6. The average Bonchev–Trinajstić information content (AvgIpc) is 3.45.